The molecule has 0 aromatic carbocycles. The highest BCUT2D eigenvalue weighted by molar-refractivity contribution is 5.81. The van der Waals surface area contributed by atoms with E-state index in [1.54, 1.807) is 0 Å². The van der Waals surface area contributed by atoms with Gasteiger partial charge < -0.3 is 10.6 Å². The van der Waals surface area contributed by atoms with Crippen molar-refractivity contribution in [1.29, 1.82) is 0 Å². The largest absolute Gasteiger partial charge is 0.355 e. The van der Waals surface area contributed by atoms with Crippen molar-refractivity contribution in [3.63, 3.8) is 0 Å². The van der Waals surface area contributed by atoms with Crippen molar-refractivity contribution in [1.82, 2.24) is 10.6 Å². The van der Waals surface area contributed by atoms with Gasteiger partial charge in [-0.2, -0.15) is 0 Å². The maximum atomic E-state index is 11.8. The molecule has 17 heavy (non-hydrogen) atoms. The zero-order valence-corrected chi connectivity index (χ0v) is 11.6. The van der Waals surface area contributed by atoms with Crippen molar-refractivity contribution in [2.24, 2.45) is 16.7 Å². The molecular weight excluding hydrogens is 212 g/mol. The van der Waals surface area contributed by atoms with E-state index in [2.05, 4.69) is 38.3 Å². The number of carbonyl (C=O) groups excluding carboxylic acids is 1. The highest BCUT2D eigenvalue weighted by atomic mass is 16.2. The summed E-state index contributed by atoms with van der Waals surface area (Å²) in [6.07, 6.45) is 3.25. The summed E-state index contributed by atoms with van der Waals surface area (Å²) in [6.45, 7) is 11.1. The molecule has 2 N–H and O–H groups in total. The molecular formula is C14H26N2O. The lowest BCUT2D eigenvalue weighted by Crippen LogP contribution is -2.43. The van der Waals surface area contributed by atoms with Crippen molar-refractivity contribution < 1.29 is 4.79 Å². The Bertz CT molecular complexity index is 295. The SMILES string of the molecule is CC1(C)C(CNC2CCCCNC2=O)C1(C)C. The lowest BCUT2D eigenvalue weighted by Gasteiger charge is -2.15. The minimum atomic E-state index is 0.0321. The molecule has 3 heteroatoms. The monoisotopic (exact) mass is 238 g/mol. The van der Waals surface area contributed by atoms with Crippen LogP contribution in [0.3, 0.4) is 0 Å². The predicted octanol–water partition coefficient (Wildman–Crippen LogP) is 1.93. The van der Waals surface area contributed by atoms with Crippen LogP contribution < -0.4 is 10.6 Å². The second-order valence-electron chi connectivity index (χ2n) is 6.74. The normalized spacial score (nSPS) is 31.8. The van der Waals surface area contributed by atoms with Gasteiger partial charge in [0, 0.05) is 6.54 Å². The summed E-state index contributed by atoms with van der Waals surface area (Å²) in [4.78, 5) is 11.8. The summed E-state index contributed by atoms with van der Waals surface area (Å²) >= 11 is 0. The number of hydrogen-bond donors (Lipinski definition) is 2. The molecule has 0 radical (unpaired) electrons. The van der Waals surface area contributed by atoms with Crippen molar-refractivity contribution in [2.75, 3.05) is 13.1 Å². The Morgan fingerprint density at radius 2 is 1.88 bits per heavy atom. The number of carbonyl (C=O) groups is 1. The average Bonchev–Trinajstić information content (AvgIpc) is 2.72. The number of hydrogen-bond acceptors (Lipinski definition) is 2. The zero-order valence-electron chi connectivity index (χ0n) is 11.6. The first-order chi connectivity index (χ1) is 7.87. The zero-order chi connectivity index (χ0) is 12.7. The molecule has 2 rings (SSSR count). The van der Waals surface area contributed by atoms with Crippen molar-refractivity contribution >= 4 is 5.91 Å². The van der Waals surface area contributed by atoms with E-state index in [0.29, 0.717) is 16.7 Å². The molecule has 2 aliphatic rings. The molecule has 98 valence electrons. The fourth-order valence-corrected chi connectivity index (χ4v) is 3.24. The van der Waals surface area contributed by atoms with Crippen molar-refractivity contribution in [3.8, 4) is 0 Å². The lowest BCUT2D eigenvalue weighted by molar-refractivity contribution is -0.122. The molecule has 1 saturated carbocycles. The van der Waals surface area contributed by atoms with Gasteiger partial charge in [-0.25, -0.2) is 0 Å². The molecule has 1 aliphatic heterocycles. The van der Waals surface area contributed by atoms with Gasteiger partial charge in [-0.3, -0.25) is 4.79 Å². The van der Waals surface area contributed by atoms with E-state index in [0.717, 1.165) is 32.4 Å². The number of rotatable bonds is 3. The van der Waals surface area contributed by atoms with Crippen LogP contribution in [0.15, 0.2) is 0 Å². The first kappa shape index (κ1) is 12.9. The van der Waals surface area contributed by atoms with Gasteiger partial charge in [0.15, 0.2) is 0 Å². The lowest BCUT2D eigenvalue weighted by atomic mass is 10.0. The van der Waals surface area contributed by atoms with Gasteiger partial charge in [0.05, 0.1) is 6.04 Å². The Hall–Kier alpha value is -0.570. The van der Waals surface area contributed by atoms with Crippen LogP contribution in [0.1, 0.15) is 47.0 Å². The molecule has 1 atom stereocenters. The van der Waals surface area contributed by atoms with Gasteiger partial charge in [-0.1, -0.05) is 27.7 Å². The molecule has 1 aliphatic carbocycles. The smallest absolute Gasteiger partial charge is 0.237 e. The molecule has 1 amide bonds. The minimum absolute atomic E-state index is 0.0321. The second kappa shape index (κ2) is 4.27. The van der Waals surface area contributed by atoms with E-state index in [1.165, 1.54) is 0 Å². The highest BCUT2D eigenvalue weighted by Crippen LogP contribution is 2.67. The highest BCUT2D eigenvalue weighted by Gasteiger charge is 2.63. The van der Waals surface area contributed by atoms with Gasteiger partial charge in [0.2, 0.25) is 5.91 Å². The second-order valence-corrected chi connectivity index (χ2v) is 6.74. The van der Waals surface area contributed by atoms with Crippen LogP contribution in [-0.4, -0.2) is 25.0 Å². The predicted molar refractivity (Wildman–Crippen MR) is 69.7 cm³/mol. The van der Waals surface area contributed by atoms with Gasteiger partial charge >= 0.3 is 0 Å². The first-order valence-electron chi connectivity index (χ1n) is 6.88. The summed E-state index contributed by atoms with van der Waals surface area (Å²) in [6, 6.07) is 0.0321. The molecule has 0 spiro atoms. The van der Waals surface area contributed by atoms with E-state index in [9.17, 15) is 4.79 Å². The van der Waals surface area contributed by atoms with E-state index in [1.807, 2.05) is 0 Å². The van der Waals surface area contributed by atoms with E-state index < -0.39 is 0 Å². The molecule has 1 saturated heterocycles. The third kappa shape index (κ3) is 2.22. The molecule has 1 heterocycles. The Morgan fingerprint density at radius 3 is 2.47 bits per heavy atom. The van der Waals surface area contributed by atoms with Crippen molar-refractivity contribution in [2.45, 2.75) is 53.0 Å². The quantitative estimate of drug-likeness (QED) is 0.789. The molecule has 2 fully saturated rings. The average molecular weight is 238 g/mol. The minimum Gasteiger partial charge on any atom is -0.355 e. The van der Waals surface area contributed by atoms with E-state index in [-0.39, 0.29) is 11.9 Å². The van der Waals surface area contributed by atoms with E-state index in [4.69, 9.17) is 0 Å². The topological polar surface area (TPSA) is 41.1 Å². The Kier molecular flexibility index (Phi) is 3.23. The fourth-order valence-electron chi connectivity index (χ4n) is 3.24. The Balaban J connectivity index is 1.84. The Labute approximate surface area is 105 Å². The van der Waals surface area contributed by atoms with Crippen LogP contribution in [0.25, 0.3) is 0 Å². The standard InChI is InChI=1S/C14H26N2O/c1-13(2)11(14(13,3)4)9-16-10-7-5-6-8-15-12(10)17/h10-11,16H,5-9H2,1-4H3,(H,15,17). The van der Waals surface area contributed by atoms with Gasteiger partial charge in [0.25, 0.3) is 0 Å². The van der Waals surface area contributed by atoms with Crippen LogP contribution in [0.2, 0.25) is 0 Å². The first-order valence-corrected chi connectivity index (χ1v) is 6.88. The van der Waals surface area contributed by atoms with Gasteiger partial charge in [-0.15, -0.1) is 0 Å². The summed E-state index contributed by atoms with van der Waals surface area (Å²) in [5, 5.41) is 6.45. The van der Waals surface area contributed by atoms with Crippen LogP contribution >= 0.6 is 0 Å². The molecule has 0 aromatic rings. The van der Waals surface area contributed by atoms with Crippen LogP contribution in [0, 0.1) is 16.7 Å². The molecule has 1 unspecified atom stereocenters. The summed E-state index contributed by atoms with van der Waals surface area (Å²) in [5.41, 5.74) is 0.808. The Morgan fingerprint density at radius 1 is 1.24 bits per heavy atom. The summed E-state index contributed by atoms with van der Waals surface area (Å²) in [7, 11) is 0. The summed E-state index contributed by atoms with van der Waals surface area (Å²) in [5.74, 6) is 0.879. The van der Waals surface area contributed by atoms with E-state index >= 15 is 0 Å². The van der Waals surface area contributed by atoms with Crippen LogP contribution in [0.4, 0.5) is 0 Å². The number of nitrogens with one attached hydrogen (secondary N) is 2. The molecule has 3 nitrogen and oxygen atoms in total. The van der Waals surface area contributed by atoms with Gasteiger partial charge in [0.1, 0.15) is 0 Å². The number of amides is 1. The fraction of sp³-hybridized carbons (Fsp3) is 0.929. The third-order valence-electron chi connectivity index (χ3n) is 5.42. The van der Waals surface area contributed by atoms with Crippen LogP contribution in [-0.2, 0) is 4.79 Å². The van der Waals surface area contributed by atoms with Crippen LogP contribution in [0.5, 0.6) is 0 Å². The molecule has 0 aromatic heterocycles. The molecule has 0 bridgehead atoms. The van der Waals surface area contributed by atoms with Crippen molar-refractivity contribution in [3.05, 3.63) is 0 Å². The third-order valence-corrected chi connectivity index (χ3v) is 5.42. The maximum absolute atomic E-state index is 11.8. The van der Waals surface area contributed by atoms with Gasteiger partial charge in [-0.05, 0) is 42.6 Å². The summed E-state index contributed by atoms with van der Waals surface area (Å²) < 4.78 is 0. The maximum Gasteiger partial charge on any atom is 0.237 e.